The van der Waals surface area contributed by atoms with Crippen molar-refractivity contribution in [3.05, 3.63) is 71.0 Å². The number of nitrogens with one attached hydrogen (secondary N) is 1. The van der Waals surface area contributed by atoms with Gasteiger partial charge in [0.2, 0.25) is 0 Å². The van der Waals surface area contributed by atoms with Gasteiger partial charge in [-0.05, 0) is 36.8 Å². The molecule has 0 aliphatic carbocycles. The molecule has 0 heterocycles. The molecule has 26 heavy (non-hydrogen) atoms. The zero-order chi connectivity index (χ0) is 19.1. The second-order valence-corrected chi connectivity index (χ2v) is 5.92. The molecule has 0 aliphatic heterocycles. The van der Waals surface area contributed by atoms with Crippen LogP contribution in [0, 0.1) is 11.7 Å². The van der Waals surface area contributed by atoms with E-state index in [1.165, 1.54) is 36.4 Å². The quantitative estimate of drug-likeness (QED) is 0.710. The van der Waals surface area contributed by atoms with Crippen LogP contribution >= 0.6 is 0 Å². The number of hydrogen-bond acceptors (Lipinski definition) is 3. The first-order valence-electron chi connectivity index (χ1n) is 8.34. The summed E-state index contributed by atoms with van der Waals surface area (Å²) in [6.45, 7) is 1.86. The summed E-state index contributed by atoms with van der Waals surface area (Å²) in [4.78, 5) is 36.3. The van der Waals surface area contributed by atoms with Gasteiger partial charge in [-0.3, -0.25) is 14.4 Å². The third kappa shape index (κ3) is 4.75. The smallest absolute Gasteiger partial charge is 0.308 e. The van der Waals surface area contributed by atoms with Crippen LogP contribution in [0.5, 0.6) is 0 Å². The van der Waals surface area contributed by atoms with Crippen LogP contribution in [-0.4, -0.2) is 29.3 Å². The maximum Gasteiger partial charge on any atom is 0.308 e. The van der Waals surface area contributed by atoms with Gasteiger partial charge in [0.25, 0.3) is 5.91 Å². The minimum atomic E-state index is -0.970. The van der Waals surface area contributed by atoms with Gasteiger partial charge in [0, 0.05) is 17.7 Å². The Bertz CT molecular complexity index is 802. The van der Waals surface area contributed by atoms with Crippen LogP contribution in [0.4, 0.5) is 4.39 Å². The van der Waals surface area contributed by atoms with Gasteiger partial charge in [-0.15, -0.1) is 0 Å². The van der Waals surface area contributed by atoms with E-state index in [1.54, 1.807) is 12.1 Å². The Labute approximate surface area is 150 Å². The van der Waals surface area contributed by atoms with Gasteiger partial charge in [-0.2, -0.15) is 0 Å². The van der Waals surface area contributed by atoms with Crippen molar-refractivity contribution in [3.63, 3.8) is 0 Å². The predicted molar refractivity (Wildman–Crippen MR) is 94.6 cm³/mol. The van der Waals surface area contributed by atoms with Crippen LogP contribution in [0.25, 0.3) is 0 Å². The van der Waals surface area contributed by atoms with Crippen LogP contribution in [-0.2, 0) is 4.79 Å². The fourth-order valence-electron chi connectivity index (χ4n) is 2.61. The van der Waals surface area contributed by atoms with Gasteiger partial charge in [0.05, 0.1) is 11.5 Å². The molecule has 0 fully saturated rings. The first-order valence-corrected chi connectivity index (χ1v) is 8.34. The highest BCUT2D eigenvalue weighted by Crippen LogP contribution is 2.16. The highest BCUT2D eigenvalue weighted by molar-refractivity contribution is 6.15. The van der Waals surface area contributed by atoms with E-state index in [0.717, 1.165) is 0 Å². The summed E-state index contributed by atoms with van der Waals surface area (Å²) in [6.07, 6.45) is 1.14. The van der Waals surface area contributed by atoms with E-state index in [0.29, 0.717) is 12.8 Å². The minimum Gasteiger partial charge on any atom is -0.481 e. The lowest BCUT2D eigenvalue weighted by Crippen LogP contribution is -2.33. The molecular weight excluding hydrogens is 337 g/mol. The molecule has 0 saturated heterocycles. The maximum absolute atomic E-state index is 13.0. The first-order chi connectivity index (χ1) is 12.4. The molecule has 2 aromatic rings. The SMILES string of the molecule is CCCC(CNC(=O)c1ccccc1C(=O)c1ccc(F)cc1)C(=O)O. The fourth-order valence-corrected chi connectivity index (χ4v) is 2.61. The van der Waals surface area contributed by atoms with E-state index in [1.807, 2.05) is 6.92 Å². The normalized spacial score (nSPS) is 11.6. The van der Waals surface area contributed by atoms with Crippen LogP contribution in [0.1, 0.15) is 46.0 Å². The van der Waals surface area contributed by atoms with Crippen LogP contribution in [0.15, 0.2) is 48.5 Å². The third-order valence-corrected chi connectivity index (χ3v) is 4.02. The number of aliphatic carboxylic acids is 1. The molecule has 2 aromatic carbocycles. The molecule has 1 amide bonds. The minimum absolute atomic E-state index is 0.0128. The van der Waals surface area contributed by atoms with Crippen molar-refractivity contribution < 1.29 is 23.9 Å². The van der Waals surface area contributed by atoms with Gasteiger partial charge >= 0.3 is 5.97 Å². The van der Waals surface area contributed by atoms with Crippen LogP contribution in [0.3, 0.4) is 0 Å². The first kappa shape index (κ1) is 19.3. The Hall–Kier alpha value is -3.02. The lowest BCUT2D eigenvalue weighted by atomic mass is 9.97. The average Bonchev–Trinajstić information content (AvgIpc) is 2.64. The highest BCUT2D eigenvalue weighted by Gasteiger charge is 2.21. The van der Waals surface area contributed by atoms with Crippen molar-refractivity contribution in [1.82, 2.24) is 5.32 Å². The molecule has 1 atom stereocenters. The summed E-state index contributed by atoms with van der Waals surface area (Å²) in [7, 11) is 0. The Morgan fingerprint density at radius 3 is 2.23 bits per heavy atom. The largest absolute Gasteiger partial charge is 0.481 e. The molecule has 0 bridgehead atoms. The number of hydrogen-bond donors (Lipinski definition) is 2. The molecule has 0 saturated carbocycles. The van der Waals surface area contributed by atoms with E-state index in [-0.39, 0.29) is 23.2 Å². The van der Waals surface area contributed by atoms with E-state index < -0.39 is 29.4 Å². The Kier molecular flexibility index (Phi) is 6.60. The molecular formula is C20H20FNO4. The Morgan fingerprint density at radius 2 is 1.65 bits per heavy atom. The number of ketones is 1. The standard InChI is InChI=1S/C20H20FNO4/c1-2-5-14(20(25)26)12-22-19(24)17-7-4-3-6-16(17)18(23)13-8-10-15(21)11-9-13/h3-4,6-11,14H,2,5,12H2,1H3,(H,22,24)(H,25,26). The molecule has 0 radical (unpaired) electrons. The Balaban J connectivity index is 2.19. The average molecular weight is 357 g/mol. The van der Waals surface area contributed by atoms with Crippen LogP contribution < -0.4 is 5.32 Å². The molecule has 0 spiro atoms. The van der Waals surface area contributed by atoms with Crippen LogP contribution in [0.2, 0.25) is 0 Å². The molecule has 5 nitrogen and oxygen atoms in total. The number of carbonyl (C=O) groups is 3. The van der Waals surface area contributed by atoms with E-state index in [4.69, 9.17) is 5.11 Å². The van der Waals surface area contributed by atoms with Crippen molar-refractivity contribution in [2.75, 3.05) is 6.54 Å². The maximum atomic E-state index is 13.0. The van der Waals surface area contributed by atoms with E-state index in [9.17, 15) is 18.8 Å². The molecule has 6 heteroatoms. The summed E-state index contributed by atoms with van der Waals surface area (Å²) in [6, 6.07) is 11.3. The van der Waals surface area contributed by atoms with E-state index >= 15 is 0 Å². The number of halogens is 1. The summed E-state index contributed by atoms with van der Waals surface area (Å²) in [5.41, 5.74) is 0.600. The topological polar surface area (TPSA) is 83.5 Å². The zero-order valence-corrected chi connectivity index (χ0v) is 14.4. The number of carboxylic acid groups (broad SMARTS) is 1. The number of amides is 1. The number of benzene rings is 2. The molecule has 136 valence electrons. The Morgan fingerprint density at radius 1 is 1.04 bits per heavy atom. The van der Waals surface area contributed by atoms with Gasteiger partial charge in [0.1, 0.15) is 5.82 Å². The number of carbonyl (C=O) groups excluding carboxylic acids is 2. The van der Waals surface area contributed by atoms with E-state index in [2.05, 4.69) is 5.32 Å². The van der Waals surface area contributed by atoms with Crippen molar-refractivity contribution in [3.8, 4) is 0 Å². The second-order valence-electron chi connectivity index (χ2n) is 5.92. The predicted octanol–water partition coefficient (Wildman–Crippen LogP) is 3.29. The lowest BCUT2D eigenvalue weighted by Gasteiger charge is -2.14. The fraction of sp³-hybridized carbons (Fsp3) is 0.250. The summed E-state index contributed by atoms with van der Waals surface area (Å²) < 4.78 is 13.0. The molecule has 2 N–H and O–H groups in total. The molecule has 1 unspecified atom stereocenters. The molecule has 0 aromatic heterocycles. The van der Waals surface area contributed by atoms with Crippen molar-refractivity contribution in [1.29, 1.82) is 0 Å². The van der Waals surface area contributed by atoms with Gasteiger partial charge < -0.3 is 10.4 Å². The second kappa shape index (κ2) is 8.89. The third-order valence-electron chi connectivity index (χ3n) is 4.02. The zero-order valence-electron chi connectivity index (χ0n) is 14.4. The summed E-state index contributed by atoms with van der Waals surface area (Å²) in [5, 5.41) is 11.8. The summed E-state index contributed by atoms with van der Waals surface area (Å²) in [5.74, 6) is -3.02. The van der Waals surface area contributed by atoms with Crippen molar-refractivity contribution in [2.24, 2.45) is 5.92 Å². The molecule has 2 rings (SSSR count). The van der Waals surface area contributed by atoms with Gasteiger partial charge in [-0.1, -0.05) is 31.5 Å². The summed E-state index contributed by atoms with van der Waals surface area (Å²) >= 11 is 0. The van der Waals surface area contributed by atoms with Gasteiger partial charge in [-0.25, -0.2) is 4.39 Å². The number of rotatable bonds is 8. The molecule has 0 aliphatic rings. The monoisotopic (exact) mass is 357 g/mol. The highest BCUT2D eigenvalue weighted by atomic mass is 19.1. The number of carboxylic acids is 1. The van der Waals surface area contributed by atoms with Gasteiger partial charge in [0.15, 0.2) is 5.78 Å². The lowest BCUT2D eigenvalue weighted by molar-refractivity contribution is -0.141. The van der Waals surface area contributed by atoms with Crippen molar-refractivity contribution >= 4 is 17.7 Å². The van der Waals surface area contributed by atoms with Crippen molar-refractivity contribution in [2.45, 2.75) is 19.8 Å².